The minimum atomic E-state index is -2.86. The molecule has 0 saturated carbocycles. The lowest BCUT2D eigenvalue weighted by Gasteiger charge is -2.06. The molecule has 0 spiro atoms. The van der Waals surface area contributed by atoms with Crippen LogP contribution >= 0.6 is 0 Å². The molecule has 1 aromatic rings. The van der Waals surface area contributed by atoms with Gasteiger partial charge in [0.1, 0.15) is 5.75 Å². The zero-order valence-electron chi connectivity index (χ0n) is 10.0. The van der Waals surface area contributed by atoms with Gasteiger partial charge in [-0.25, -0.2) is 0 Å². The Hall–Kier alpha value is -1.91. The lowest BCUT2D eigenvalue weighted by molar-refractivity contribution is -0.0498. The van der Waals surface area contributed by atoms with Gasteiger partial charge in [-0.3, -0.25) is 4.79 Å². The molecule has 0 aliphatic carbocycles. The molecule has 0 heterocycles. The van der Waals surface area contributed by atoms with E-state index in [0.717, 1.165) is 6.42 Å². The Labute approximate surface area is 104 Å². The van der Waals surface area contributed by atoms with Crippen LogP contribution in [0.4, 0.5) is 8.78 Å². The summed E-state index contributed by atoms with van der Waals surface area (Å²) in [4.78, 5) is 11.6. The van der Waals surface area contributed by atoms with Crippen molar-refractivity contribution in [3.63, 3.8) is 0 Å². The maximum atomic E-state index is 11.9. The molecule has 1 rings (SSSR count). The van der Waals surface area contributed by atoms with Gasteiger partial charge in [-0.1, -0.05) is 12.2 Å². The summed E-state index contributed by atoms with van der Waals surface area (Å²) in [6.45, 7) is -0.410. The number of nitrogens with one attached hydrogen (secondary N) is 1. The second kappa shape index (κ2) is 7.42. The first-order valence-electron chi connectivity index (χ1n) is 5.57. The van der Waals surface area contributed by atoms with Gasteiger partial charge in [-0.2, -0.15) is 8.78 Å². The van der Waals surface area contributed by atoms with Gasteiger partial charge in [0, 0.05) is 12.1 Å². The van der Waals surface area contributed by atoms with E-state index in [-0.39, 0.29) is 11.7 Å². The fourth-order valence-electron chi connectivity index (χ4n) is 1.33. The average molecular weight is 255 g/mol. The van der Waals surface area contributed by atoms with E-state index in [9.17, 15) is 13.6 Å². The number of amides is 1. The van der Waals surface area contributed by atoms with Gasteiger partial charge in [0.05, 0.1) is 0 Å². The van der Waals surface area contributed by atoms with E-state index in [1.807, 2.05) is 19.1 Å². The summed E-state index contributed by atoms with van der Waals surface area (Å²) in [7, 11) is 0. The summed E-state index contributed by atoms with van der Waals surface area (Å²) in [5.41, 5.74) is 0.414. The SMILES string of the molecule is C/C=C/CCNC(=O)c1ccc(OC(F)F)cc1. The largest absolute Gasteiger partial charge is 0.435 e. The van der Waals surface area contributed by atoms with Crippen LogP contribution in [-0.2, 0) is 0 Å². The molecule has 5 heteroatoms. The monoisotopic (exact) mass is 255 g/mol. The van der Waals surface area contributed by atoms with E-state index in [1.54, 1.807) is 0 Å². The Balaban J connectivity index is 2.48. The lowest BCUT2D eigenvalue weighted by atomic mass is 10.2. The fourth-order valence-corrected chi connectivity index (χ4v) is 1.33. The highest BCUT2D eigenvalue weighted by Gasteiger charge is 2.07. The van der Waals surface area contributed by atoms with Crippen molar-refractivity contribution in [2.45, 2.75) is 20.0 Å². The predicted molar refractivity (Wildman–Crippen MR) is 64.8 cm³/mol. The van der Waals surface area contributed by atoms with Gasteiger partial charge in [0.2, 0.25) is 0 Å². The molecule has 0 aromatic heterocycles. The first kappa shape index (κ1) is 14.2. The van der Waals surface area contributed by atoms with Crippen molar-refractivity contribution in [2.75, 3.05) is 6.54 Å². The minimum absolute atomic E-state index is 0.0375. The number of ether oxygens (including phenoxy) is 1. The van der Waals surface area contributed by atoms with Crippen LogP contribution in [0.15, 0.2) is 36.4 Å². The van der Waals surface area contributed by atoms with Gasteiger partial charge < -0.3 is 10.1 Å². The zero-order chi connectivity index (χ0) is 13.4. The van der Waals surface area contributed by atoms with Crippen molar-refractivity contribution < 1.29 is 18.3 Å². The molecule has 0 bridgehead atoms. The zero-order valence-corrected chi connectivity index (χ0v) is 10.0. The molecule has 3 nitrogen and oxygen atoms in total. The Kier molecular flexibility index (Phi) is 5.84. The fraction of sp³-hybridized carbons (Fsp3) is 0.308. The van der Waals surface area contributed by atoms with Gasteiger partial charge in [-0.15, -0.1) is 0 Å². The second-order valence-corrected chi connectivity index (χ2v) is 3.52. The molecule has 98 valence electrons. The summed E-state index contributed by atoms with van der Waals surface area (Å²) in [5.74, 6) is -0.196. The van der Waals surface area contributed by atoms with Crippen LogP contribution in [0.25, 0.3) is 0 Å². The van der Waals surface area contributed by atoms with Crippen molar-refractivity contribution in [1.29, 1.82) is 0 Å². The standard InChI is InChI=1S/C13H15F2NO2/c1-2-3-4-9-16-12(17)10-5-7-11(8-6-10)18-13(14)15/h2-3,5-8,13H,4,9H2,1H3,(H,16,17)/b3-2+. The lowest BCUT2D eigenvalue weighted by Crippen LogP contribution is -2.23. The smallest absolute Gasteiger partial charge is 0.387 e. The summed E-state index contributed by atoms with van der Waals surface area (Å²) >= 11 is 0. The van der Waals surface area contributed by atoms with Crippen LogP contribution in [0, 0.1) is 0 Å². The van der Waals surface area contributed by atoms with Crippen LogP contribution in [0.2, 0.25) is 0 Å². The van der Waals surface area contributed by atoms with E-state index in [2.05, 4.69) is 10.1 Å². The Bertz CT molecular complexity index is 402. The number of carbonyl (C=O) groups is 1. The number of rotatable bonds is 6. The summed E-state index contributed by atoms with van der Waals surface area (Å²) in [5, 5.41) is 2.71. The van der Waals surface area contributed by atoms with Crippen LogP contribution in [0.5, 0.6) is 5.75 Å². The summed E-state index contributed by atoms with van der Waals surface area (Å²) in [6, 6.07) is 5.57. The van der Waals surface area contributed by atoms with Crippen molar-refractivity contribution in [2.24, 2.45) is 0 Å². The second-order valence-electron chi connectivity index (χ2n) is 3.52. The van der Waals surface area contributed by atoms with Gasteiger partial charge in [0.15, 0.2) is 0 Å². The highest BCUT2D eigenvalue weighted by Crippen LogP contribution is 2.14. The molecule has 0 atom stereocenters. The molecular formula is C13H15F2NO2. The number of carbonyl (C=O) groups excluding carboxylic acids is 1. The van der Waals surface area contributed by atoms with Crippen molar-refractivity contribution >= 4 is 5.91 Å². The molecular weight excluding hydrogens is 240 g/mol. The Morgan fingerprint density at radius 1 is 1.39 bits per heavy atom. The first-order chi connectivity index (χ1) is 8.63. The van der Waals surface area contributed by atoms with E-state index in [1.165, 1.54) is 24.3 Å². The number of hydrogen-bond acceptors (Lipinski definition) is 2. The maximum Gasteiger partial charge on any atom is 0.387 e. The van der Waals surface area contributed by atoms with E-state index < -0.39 is 6.61 Å². The van der Waals surface area contributed by atoms with Crippen LogP contribution in [-0.4, -0.2) is 19.1 Å². The van der Waals surface area contributed by atoms with Gasteiger partial charge in [0.25, 0.3) is 5.91 Å². The summed E-state index contributed by atoms with van der Waals surface area (Å²) in [6.07, 6.45) is 4.61. The average Bonchev–Trinajstić information content (AvgIpc) is 2.34. The third kappa shape index (κ3) is 4.95. The number of allylic oxidation sites excluding steroid dienone is 1. The molecule has 0 aliphatic rings. The molecule has 18 heavy (non-hydrogen) atoms. The van der Waals surface area contributed by atoms with Crippen molar-refractivity contribution in [1.82, 2.24) is 5.32 Å². The van der Waals surface area contributed by atoms with Crippen LogP contribution in [0.1, 0.15) is 23.7 Å². The van der Waals surface area contributed by atoms with Crippen molar-refractivity contribution in [3.8, 4) is 5.75 Å². The minimum Gasteiger partial charge on any atom is -0.435 e. The highest BCUT2D eigenvalue weighted by atomic mass is 19.3. The number of benzene rings is 1. The third-order valence-electron chi connectivity index (χ3n) is 2.17. The van der Waals surface area contributed by atoms with Gasteiger partial charge in [-0.05, 0) is 37.6 Å². The molecule has 0 radical (unpaired) electrons. The molecule has 1 amide bonds. The molecule has 0 fully saturated rings. The van der Waals surface area contributed by atoms with E-state index >= 15 is 0 Å². The highest BCUT2D eigenvalue weighted by molar-refractivity contribution is 5.94. The first-order valence-corrected chi connectivity index (χ1v) is 5.57. The summed E-state index contributed by atoms with van der Waals surface area (Å²) < 4.78 is 28.0. The van der Waals surface area contributed by atoms with Crippen molar-refractivity contribution in [3.05, 3.63) is 42.0 Å². The predicted octanol–water partition coefficient (Wildman–Crippen LogP) is 2.98. The normalized spacial score (nSPS) is 10.9. The number of halogens is 2. The Morgan fingerprint density at radius 3 is 2.61 bits per heavy atom. The number of alkyl halides is 2. The topological polar surface area (TPSA) is 38.3 Å². The van der Waals surface area contributed by atoms with E-state index in [4.69, 9.17) is 0 Å². The molecule has 0 unspecified atom stereocenters. The van der Waals surface area contributed by atoms with E-state index in [0.29, 0.717) is 12.1 Å². The van der Waals surface area contributed by atoms with Gasteiger partial charge >= 0.3 is 6.61 Å². The quantitative estimate of drug-likeness (QED) is 0.627. The number of hydrogen-bond donors (Lipinski definition) is 1. The maximum absolute atomic E-state index is 11.9. The van der Waals surface area contributed by atoms with Crippen LogP contribution in [0.3, 0.4) is 0 Å². The Morgan fingerprint density at radius 2 is 2.06 bits per heavy atom. The molecule has 1 N–H and O–H groups in total. The third-order valence-corrected chi connectivity index (χ3v) is 2.17. The molecule has 0 aliphatic heterocycles. The van der Waals surface area contributed by atoms with Crippen LogP contribution < -0.4 is 10.1 Å². The molecule has 0 saturated heterocycles. The molecule has 1 aromatic carbocycles.